The standard InChI is InChI=1S/C26H36N2O5.ClH/c1-3-4-16-32-23-8-10-24(11-9-23)33-21-26(29)28(13-12-27-14-17-31-18-15-27)20-22-6-5-7-25(19-22)30-2;/h5-11,19H,3-4,12-18,20-21H2,1-2H3;1H. The average Bonchev–Trinajstić information content (AvgIpc) is 2.86. The van der Waals surface area contributed by atoms with Gasteiger partial charge in [-0.25, -0.2) is 0 Å². The van der Waals surface area contributed by atoms with E-state index in [1.807, 2.05) is 53.4 Å². The molecule has 34 heavy (non-hydrogen) atoms. The Hall–Kier alpha value is -2.48. The fourth-order valence-electron chi connectivity index (χ4n) is 3.57. The van der Waals surface area contributed by atoms with Crippen LogP contribution in [0.4, 0.5) is 0 Å². The van der Waals surface area contributed by atoms with Crippen molar-refractivity contribution in [1.29, 1.82) is 0 Å². The zero-order valence-corrected chi connectivity index (χ0v) is 21.1. The molecule has 7 nitrogen and oxygen atoms in total. The molecule has 0 radical (unpaired) electrons. The van der Waals surface area contributed by atoms with Gasteiger partial charge in [-0.05, 0) is 48.4 Å². The monoisotopic (exact) mass is 492 g/mol. The fraction of sp³-hybridized carbons (Fsp3) is 0.500. The van der Waals surface area contributed by atoms with Crippen LogP contribution < -0.4 is 14.2 Å². The number of carbonyl (C=O) groups excluding carboxylic acids is 1. The first kappa shape index (κ1) is 27.8. The summed E-state index contributed by atoms with van der Waals surface area (Å²) in [6.45, 7) is 8.04. The molecular weight excluding hydrogens is 456 g/mol. The Kier molecular flexibility index (Phi) is 12.6. The number of unbranched alkanes of at least 4 members (excludes halogenated alkanes) is 1. The SMILES string of the molecule is CCCCOc1ccc(OCC(=O)N(CCN2CCOCC2)Cc2cccc(OC)c2)cc1.Cl. The van der Waals surface area contributed by atoms with Crippen molar-refractivity contribution in [3.05, 3.63) is 54.1 Å². The van der Waals surface area contributed by atoms with Crippen molar-refractivity contribution in [2.24, 2.45) is 0 Å². The second-order valence-corrected chi connectivity index (χ2v) is 8.08. The highest BCUT2D eigenvalue weighted by Gasteiger charge is 2.18. The highest BCUT2D eigenvalue weighted by Crippen LogP contribution is 2.19. The molecule has 2 aromatic rings. The summed E-state index contributed by atoms with van der Waals surface area (Å²) in [5, 5.41) is 0. The largest absolute Gasteiger partial charge is 0.497 e. The van der Waals surface area contributed by atoms with Crippen LogP contribution in [0, 0.1) is 0 Å². The average molecular weight is 493 g/mol. The van der Waals surface area contributed by atoms with Gasteiger partial charge in [0, 0.05) is 32.7 Å². The van der Waals surface area contributed by atoms with E-state index >= 15 is 0 Å². The van der Waals surface area contributed by atoms with Crippen molar-refractivity contribution in [2.75, 3.05) is 59.7 Å². The van der Waals surface area contributed by atoms with Crippen LogP contribution in [-0.2, 0) is 16.1 Å². The van der Waals surface area contributed by atoms with Gasteiger partial charge in [0.25, 0.3) is 5.91 Å². The summed E-state index contributed by atoms with van der Waals surface area (Å²) in [5.41, 5.74) is 1.03. The number of morpholine rings is 1. The van der Waals surface area contributed by atoms with E-state index < -0.39 is 0 Å². The molecular formula is C26H37ClN2O5. The topological polar surface area (TPSA) is 60.5 Å². The molecule has 1 aliphatic heterocycles. The summed E-state index contributed by atoms with van der Waals surface area (Å²) in [6, 6.07) is 15.3. The van der Waals surface area contributed by atoms with Crippen LogP contribution in [0.15, 0.2) is 48.5 Å². The number of ether oxygens (including phenoxy) is 4. The van der Waals surface area contributed by atoms with Gasteiger partial charge in [-0.15, -0.1) is 12.4 Å². The van der Waals surface area contributed by atoms with Gasteiger partial charge in [0.15, 0.2) is 6.61 Å². The molecule has 0 aliphatic carbocycles. The van der Waals surface area contributed by atoms with E-state index in [-0.39, 0.29) is 24.9 Å². The van der Waals surface area contributed by atoms with Crippen molar-refractivity contribution in [2.45, 2.75) is 26.3 Å². The Bertz CT molecular complexity index is 843. The van der Waals surface area contributed by atoms with E-state index in [2.05, 4.69) is 11.8 Å². The molecule has 0 N–H and O–H groups in total. The van der Waals surface area contributed by atoms with Crippen molar-refractivity contribution < 1.29 is 23.7 Å². The van der Waals surface area contributed by atoms with Gasteiger partial charge in [0.05, 0.1) is 26.9 Å². The maximum absolute atomic E-state index is 13.1. The van der Waals surface area contributed by atoms with Crippen LogP contribution in [0.5, 0.6) is 17.2 Å². The van der Waals surface area contributed by atoms with Crippen LogP contribution in [0.25, 0.3) is 0 Å². The summed E-state index contributed by atoms with van der Waals surface area (Å²) >= 11 is 0. The van der Waals surface area contributed by atoms with E-state index in [1.54, 1.807) is 7.11 Å². The summed E-state index contributed by atoms with van der Waals surface area (Å²) in [5.74, 6) is 2.20. The van der Waals surface area contributed by atoms with Crippen molar-refractivity contribution in [3.8, 4) is 17.2 Å². The number of methoxy groups -OCH3 is 1. The zero-order valence-electron chi connectivity index (χ0n) is 20.2. The highest BCUT2D eigenvalue weighted by molar-refractivity contribution is 5.85. The smallest absolute Gasteiger partial charge is 0.260 e. The Balaban J connectivity index is 0.00000408. The molecule has 1 fully saturated rings. The number of benzene rings is 2. The lowest BCUT2D eigenvalue weighted by molar-refractivity contribution is -0.134. The molecule has 8 heteroatoms. The van der Waals surface area contributed by atoms with Crippen molar-refractivity contribution in [3.63, 3.8) is 0 Å². The number of rotatable bonds is 13. The fourth-order valence-corrected chi connectivity index (χ4v) is 3.57. The highest BCUT2D eigenvalue weighted by atomic mass is 35.5. The van der Waals surface area contributed by atoms with Gasteiger partial charge in [0.1, 0.15) is 17.2 Å². The van der Waals surface area contributed by atoms with Gasteiger partial charge < -0.3 is 23.8 Å². The molecule has 0 unspecified atom stereocenters. The van der Waals surface area contributed by atoms with E-state index in [0.717, 1.165) is 62.8 Å². The molecule has 1 amide bonds. The van der Waals surface area contributed by atoms with Crippen LogP contribution in [-0.4, -0.2) is 75.4 Å². The number of carbonyl (C=O) groups is 1. The molecule has 0 aromatic heterocycles. The maximum Gasteiger partial charge on any atom is 0.260 e. The Labute approximate surface area is 209 Å². The third kappa shape index (κ3) is 9.41. The zero-order chi connectivity index (χ0) is 23.3. The third-order valence-electron chi connectivity index (χ3n) is 5.60. The lowest BCUT2D eigenvalue weighted by Crippen LogP contribution is -2.44. The molecule has 3 rings (SSSR count). The summed E-state index contributed by atoms with van der Waals surface area (Å²) in [6.07, 6.45) is 2.13. The first-order valence-corrected chi connectivity index (χ1v) is 11.7. The van der Waals surface area contributed by atoms with Crippen molar-refractivity contribution in [1.82, 2.24) is 9.80 Å². The summed E-state index contributed by atoms with van der Waals surface area (Å²) < 4.78 is 22.3. The minimum Gasteiger partial charge on any atom is -0.497 e. The number of halogens is 1. The molecule has 0 bridgehead atoms. The summed E-state index contributed by atoms with van der Waals surface area (Å²) in [4.78, 5) is 17.3. The quantitative estimate of drug-likeness (QED) is 0.393. The summed E-state index contributed by atoms with van der Waals surface area (Å²) in [7, 11) is 1.65. The Morgan fingerprint density at radius 3 is 2.41 bits per heavy atom. The molecule has 0 spiro atoms. The van der Waals surface area contributed by atoms with Gasteiger partial charge in [-0.3, -0.25) is 9.69 Å². The van der Waals surface area contributed by atoms with Gasteiger partial charge in [0.2, 0.25) is 0 Å². The first-order valence-electron chi connectivity index (χ1n) is 11.7. The van der Waals surface area contributed by atoms with Crippen LogP contribution >= 0.6 is 12.4 Å². The van der Waals surface area contributed by atoms with Crippen LogP contribution in [0.2, 0.25) is 0 Å². The lowest BCUT2D eigenvalue weighted by atomic mass is 10.2. The number of hydrogen-bond donors (Lipinski definition) is 0. The second kappa shape index (κ2) is 15.4. The molecule has 0 saturated carbocycles. The van der Waals surface area contributed by atoms with Gasteiger partial charge >= 0.3 is 0 Å². The Morgan fingerprint density at radius 1 is 1.03 bits per heavy atom. The number of nitrogens with zero attached hydrogens (tertiary/aromatic N) is 2. The Morgan fingerprint density at radius 2 is 1.74 bits per heavy atom. The molecule has 1 aliphatic rings. The minimum atomic E-state index is -0.0469. The predicted octanol–water partition coefficient (Wildman–Crippen LogP) is 4.04. The second-order valence-electron chi connectivity index (χ2n) is 8.08. The van der Waals surface area contributed by atoms with Crippen LogP contribution in [0.3, 0.4) is 0 Å². The van der Waals surface area contributed by atoms with E-state index in [4.69, 9.17) is 18.9 Å². The van der Waals surface area contributed by atoms with Gasteiger partial charge in [-0.1, -0.05) is 25.5 Å². The lowest BCUT2D eigenvalue weighted by Gasteiger charge is -2.30. The molecule has 1 saturated heterocycles. The van der Waals surface area contributed by atoms with Gasteiger partial charge in [-0.2, -0.15) is 0 Å². The van der Waals surface area contributed by atoms with Crippen molar-refractivity contribution >= 4 is 18.3 Å². The molecule has 1 heterocycles. The van der Waals surface area contributed by atoms with Crippen LogP contribution in [0.1, 0.15) is 25.3 Å². The normalized spacial score (nSPS) is 13.6. The predicted molar refractivity (Wildman–Crippen MR) is 135 cm³/mol. The van der Waals surface area contributed by atoms with E-state index in [0.29, 0.717) is 25.4 Å². The molecule has 188 valence electrons. The number of amides is 1. The minimum absolute atomic E-state index is 0. The number of hydrogen-bond acceptors (Lipinski definition) is 6. The van der Waals surface area contributed by atoms with E-state index in [9.17, 15) is 4.79 Å². The van der Waals surface area contributed by atoms with E-state index in [1.165, 1.54) is 0 Å². The first-order chi connectivity index (χ1) is 16.2. The maximum atomic E-state index is 13.1. The third-order valence-corrected chi connectivity index (χ3v) is 5.60. The molecule has 2 aromatic carbocycles. The molecule has 0 atom stereocenters.